The summed E-state index contributed by atoms with van der Waals surface area (Å²) in [5.41, 5.74) is 1.53. The van der Waals surface area contributed by atoms with Gasteiger partial charge < -0.3 is 9.84 Å². The molecule has 164 valence electrons. The van der Waals surface area contributed by atoms with Crippen molar-refractivity contribution in [3.8, 4) is 22.9 Å². The Morgan fingerprint density at radius 3 is 2.52 bits per heavy atom. The second-order valence-corrected chi connectivity index (χ2v) is 7.93. The second-order valence-electron chi connectivity index (χ2n) is 7.93. The van der Waals surface area contributed by atoms with Gasteiger partial charge in [0.1, 0.15) is 5.69 Å². The molecule has 0 aliphatic carbocycles. The Labute approximate surface area is 183 Å². The summed E-state index contributed by atoms with van der Waals surface area (Å²) < 4.78 is 22.0. The van der Waals surface area contributed by atoms with Crippen LogP contribution in [0.5, 0.6) is 11.6 Å². The molecule has 0 bridgehead atoms. The Morgan fingerprint density at radius 1 is 1.19 bits per heavy atom. The molecule has 3 rings (SSSR count). The number of halogens is 1. The van der Waals surface area contributed by atoms with Crippen molar-refractivity contribution >= 4 is 0 Å². The fourth-order valence-electron chi connectivity index (χ4n) is 3.55. The van der Waals surface area contributed by atoms with E-state index in [4.69, 9.17) is 9.84 Å². The van der Waals surface area contributed by atoms with Gasteiger partial charge in [-0.05, 0) is 32.0 Å². The molecule has 0 saturated carbocycles. The average Bonchev–Trinajstić information content (AvgIpc) is 3.05. The van der Waals surface area contributed by atoms with Crippen molar-refractivity contribution in [1.82, 2.24) is 14.7 Å². The SMILES string of the molecule is C=CC(C)(O)CN(CCC)Cc1c(-c2ccccc2)nn(C)c1Oc1ccccc1F. The van der Waals surface area contributed by atoms with Crippen LogP contribution >= 0.6 is 0 Å². The molecule has 0 aliphatic heterocycles. The molecule has 1 aromatic heterocycles. The molecule has 1 atom stereocenters. The van der Waals surface area contributed by atoms with E-state index in [0.29, 0.717) is 19.0 Å². The number of nitrogens with zero attached hydrogens (tertiary/aromatic N) is 3. The highest BCUT2D eigenvalue weighted by Gasteiger charge is 2.26. The summed E-state index contributed by atoms with van der Waals surface area (Å²) in [5.74, 6) is 0.186. The molecule has 0 radical (unpaired) electrons. The number of ether oxygens (including phenoxy) is 1. The van der Waals surface area contributed by atoms with E-state index in [9.17, 15) is 9.50 Å². The number of aliphatic hydroxyl groups is 1. The number of hydrogen-bond acceptors (Lipinski definition) is 4. The van der Waals surface area contributed by atoms with Crippen molar-refractivity contribution in [1.29, 1.82) is 0 Å². The van der Waals surface area contributed by atoms with Gasteiger partial charge in [0.05, 0.1) is 11.2 Å². The minimum absolute atomic E-state index is 0.145. The Kier molecular flexibility index (Phi) is 7.25. The largest absolute Gasteiger partial charge is 0.436 e. The number of aryl methyl sites for hydroxylation is 1. The van der Waals surface area contributed by atoms with Crippen LogP contribution in [0.25, 0.3) is 11.3 Å². The van der Waals surface area contributed by atoms with Crippen molar-refractivity contribution in [3.05, 3.63) is 78.6 Å². The van der Waals surface area contributed by atoms with Gasteiger partial charge in [-0.15, -0.1) is 6.58 Å². The molecule has 1 unspecified atom stereocenters. The molecular formula is C25H30FN3O2. The standard InChI is InChI=1S/C25H30FN3O2/c1-5-16-29(18-25(3,30)6-2)17-20-23(19-12-8-7-9-13-19)27-28(4)24(20)31-22-15-11-10-14-21(22)26/h6-15,30H,2,5,16-18H2,1,3-4H3. The van der Waals surface area contributed by atoms with Gasteiger partial charge in [-0.2, -0.15) is 5.10 Å². The smallest absolute Gasteiger partial charge is 0.222 e. The molecule has 0 spiro atoms. The van der Waals surface area contributed by atoms with Gasteiger partial charge in [0.25, 0.3) is 0 Å². The molecule has 5 nitrogen and oxygen atoms in total. The zero-order valence-corrected chi connectivity index (χ0v) is 18.4. The van der Waals surface area contributed by atoms with Crippen LogP contribution in [0.4, 0.5) is 4.39 Å². The Hall–Kier alpha value is -2.96. The molecule has 0 saturated heterocycles. The first-order chi connectivity index (χ1) is 14.8. The molecule has 31 heavy (non-hydrogen) atoms. The molecule has 0 aliphatic rings. The highest BCUT2D eigenvalue weighted by Crippen LogP contribution is 2.35. The summed E-state index contributed by atoms with van der Waals surface area (Å²) in [6.07, 6.45) is 2.46. The van der Waals surface area contributed by atoms with Crippen LogP contribution in [0.3, 0.4) is 0 Å². The highest BCUT2D eigenvalue weighted by atomic mass is 19.1. The third-order valence-electron chi connectivity index (χ3n) is 5.08. The van der Waals surface area contributed by atoms with Gasteiger partial charge in [0.2, 0.25) is 5.88 Å². The maximum Gasteiger partial charge on any atom is 0.222 e. The molecule has 1 N–H and O–H groups in total. The van der Waals surface area contributed by atoms with Crippen LogP contribution in [0, 0.1) is 5.82 Å². The lowest BCUT2D eigenvalue weighted by Crippen LogP contribution is -2.39. The predicted molar refractivity (Wildman–Crippen MR) is 122 cm³/mol. The first-order valence-electron chi connectivity index (χ1n) is 10.5. The van der Waals surface area contributed by atoms with E-state index in [-0.39, 0.29) is 5.75 Å². The van der Waals surface area contributed by atoms with Crippen LogP contribution in [-0.2, 0) is 13.6 Å². The van der Waals surface area contributed by atoms with E-state index in [1.165, 1.54) is 6.07 Å². The monoisotopic (exact) mass is 423 g/mol. The minimum atomic E-state index is -1.03. The molecule has 0 fully saturated rings. The topological polar surface area (TPSA) is 50.5 Å². The van der Waals surface area contributed by atoms with Gasteiger partial charge in [-0.1, -0.05) is 55.5 Å². The molecule has 1 heterocycles. The van der Waals surface area contributed by atoms with Gasteiger partial charge in [-0.25, -0.2) is 9.07 Å². The summed E-state index contributed by atoms with van der Waals surface area (Å²) in [5, 5.41) is 15.3. The lowest BCUT2D eigenvalue weighted by Gasteiger charge is -2.29. The van der Waals surface area contributed by atoms with E-state index in [0.717, 1.165) is 29.8 Å². The van der Waals surface area contributed by atoms with Crippen molar-refractivity contribution in [3.63, 3.8) is 0 Å². The lowest BCUT2D eigenvalue weighted by molar-refractivity contribution is 0.0585. The normalized spacial score (nSPS) is 13.2. The maximum absolute atomic E-state index is 14.3. The van der Waals surface area contributed by atoms with Crippen molar-refractivity contribution in [2.24, 2.45) is 7.05 Å². The van der Waals surface area contributed by atoms with Crippen molar-refractivity contribution in [2.45, 2.75) is 32.4 Å². The Morgan fingerprint density at radius 2 is 1.87 bits per heavy atom. The first-order valence-corrected chi connectivity index (χ1v) is 10.5. The summed E-state index contributed by atoms with van der Waals surface area (Å²) in [4.78, 5) is 2.14. The van der Waals surface area contributed by atoms with Gasteiger partial charge in [0, 0.05) is 25.7 Å². The zero-order valence-electron chi connectivity index (χ0n) is 18.4. The molecule has 2 aromatic carbocycles. The molecule has 0 amide bonds. The first kappa shape index (κ1) is 22.7. The van der Waals surface area contributed by atoms with E-state index in [1.807, 2.05) is 30.3 Å². The van der Waals surface area contributed by atoms with Gasteiger partial charge in [0.15, 0.2) is 11.6 Å². The van der Waals surface area contributed by atoms with Crippen LogP contribution in [-0.4, -0.2) is 38.5 Å². The zero-order chi connectivity index (χ0) is 22.4. The van der Waals surface area contributed by atoms with Crippen LogP contribution in [0.1, 0.15) is 25.8 Å². The number of rotatable bonds is 10. The Balaban J connectivity index is 2.06. The van der Waals surface area contributed by atoms with E-state index < -0.39 is 11.4 Å². The molecule has 6 heteroatoms. The fraction of sp³-hybridized carbons (Fsp3) is 0.320. The average molecular weight is 424 g/mol. The number of hydrogen-bond donors (Lipinski definition) is 1. The van der Waals surface area contributed by atoms with Gasteiger partial charge in [-0.3, -0.25) is 4.90 Å². The summed E-state index contributed by atoms with van der Waals surface area (Å²) in [7, 11) is 1.79. The maximum atomic E-state index is 14.3. The quantitative estimate of drug-likeness (QED) is 0.457. The fourth-order valence-corrected chi connectivity index (χ4v) is 3.55. The van der Waals surface area contributed by atoms with Crippen molar-refractivity contribution < 1.29 is 14.2 Å². The van der Waals surface area contributed by atoms with Crippen LogP contribution in [0.2, 0.25) is 0 Å². The second kappa shape index (κ2) is 9.90. The number of aromatic nitrogens is 2. The Bertz CT molecular complexity index is 1010. The van der Waals surface area contributed by atoms with E-state index >= 15 is 0 Å². The van der Waals surface area contributed by atoms with E-state index in [1.54, 1.807) is 42.9 Å². The summed E-state index contributed by atoms with van der Waals surface area (Å²) >= 11 is 0. The highest BCUT2D eigenvalue weighted by molar-refractivity contribution is 5.65. The van der Waals surface area contributed by atoms with Crippen molar-refractivity contribution in [2.75, 3.05) is 13.1 Å². The van der Waals surface area contributed by atoms with Crippen LogP contribution in [0.15, 0.2) is 67.3 Å². The van der Waals surface area contributed by atoms with Gasteiger partial charge >= 0.3 is 0 Å². The minimum Gasteiger partial charge on any atom is -0.436 e. The molecular weight excluding hydrogens is 393 g/mol. The number of benzene rings is 2. The molecule has 3 aromatic rings. The van der Waals surface area contributed by atoms with E-state index in [2.05, 4.69) is 18.4 Å². The third kappa shape index (κ3) is 5.60. The van der Waals surface area contributed by atoms with Crippen LogP contribution < -0.4 is 4.74 Å². The predicted octanol–water partition coefficient (Wildman–Crippen LogP) is 5.17. The third-order valence-corrected chi connectivity index (χ3v) is 5.08. The lowest BCUT2D eigenvalue weighted by atomic mass is 10.0. The summed E-state index contributed by atoms with van der Waals surface area (Å²) in [6.45, 7) is 9.24. The number of para-hydroxylation sites is 1. The summed E-state index contributed by atoms with van der Waals surface area (Å²) in [6, 6.07) is 16.2.